The van der Waals surface area contributed by atoms with Crippen LogP contribution in [0.5, 0.6) is 5.75 Å². The van der Waals surface area contributed by atoms with E-state index in [1.807, 2.05) is 24.3 Å². The maximum atomic E-state index is 11.5. The number of carbonyl (C=O) groups excluding carboxylic acids is 1. The Labute approximate surface area is 113 Å². The molecule has 1 aromatic rings. The Balaban J connectivity index is 1.96. The van der Waals surface area contributed by atoms with Gasteiger partial charge in [-0.15, -0.1) is 0 Å². The molecule has 1 heterocycles. The number of hydrogen-bond acceptors (Lipinski definition) is 4. The average molecular weight is 263 g/mol. The number of methoxy groups -OCH3 is 1. The molecule has 104 valence electrons. The number of para-hydroxylation sites is 2. The van der Waals surface area contributed by atoms with E-state index in [0.29, 0.717) is 13.0 Å². The second kappa shape index (κ2) is 6.43. The van der Waals surface area contributed by atoms with Crippen LogP contribution in [0.25, 0.3) is 0 Å². The fourth-order valence-electron chi connectivity index (χ4n) is 2.42. The van der Waals surface area contributed by atoms with E-state index in [1.54, 1.807) is 7.11 Å². The third-order valence-electron chi connectivity index (χ3n) is 3.35. The number of hydrogen-bond donors (Lipinski definition) is 2. The summed E-state index contributed by atoms with van der Waals surface area (Å²) in [6.45, 7) is 2.14. The molecular weight excluding hydrogens is 242 g/mol. The number of nitrogens with one attached hydrogen (secondary N) is 1. The van der Waals surface area contributed by atoms with Gasteiger partial charge in [0.1, 0.15) is 5.75 Å². The molecule has 19 heavy (non-hydrogen) atoms. The van der Waals surface area contributed by atoms with Crippen LogP contribution in [-0.4, -0.2) is 38.7 Å². The van der Waals surface area contributed by atoms with E-state index < -0.39 is 0 Å². The Hall–Kier alpha value is -1.75. The molecule has 0 spiro atoms. The molecule has 1 aromatic carbocycles. The number of amides is 1. The van der Waals surface area contributed by atoms with Gasteiger partial charge in [-0.3, -0.25) is 4.79 Å². The van der Waals surface area contributed by atoms with Crippen LogP contribution in [0.15, 0.2) is 24.3 Å². The molecule has 0 aromatic heterocycles. The van der Waals surface area contributed by atoms with Crippen molar-refractivity contribution in [3.05, 3.63) is 24.3 Å². The number of ether oxygens (including phenoxy) is 1. The lowest BCUT2D eigenvalue weighted by molar-refractivity contribution is -0.121. The number of rotatable bonds is 5. The summed E-state index contributed by atoms with van der Waals surface area (Å²) >= 11 is 0. The molecule has 5 heteroatoms. The molecule has 1 fully saturated rings. The van der Waals surface area contributed by atoms with E-state index in [4.69, 9.17) is 10.5 Å². The Bertz CT molecular complexity index is 436. The molecule has 1 saturated heterocycles. The Kier molecular flexibility index (Phi) is 4.63. The number of carbonyl (C=O) groups is 1. The van der Waals surface area contributed by atoms with Gasteiger partial charge in [0.15, 0.2) is 0 Å². The van der Waals surface area contributed by atoms with Gasteiger partial charge >= 0.3 is 0 Å². The standard InChI is InChI=1S/C14H21N3O2/c1-19-13-5-3-2-4-12(13)17-9-7-11(10-17)16-14(18)6-8-15/h2-5,11H,6-10,15H2,1H3,(H,16,18). The van der Waals surface area contributed by atoms with E-state index in [9.17, 15) is 4.79 Å². The number of benzene rings is 1. The smallest absolute Gasteiger partial charge is 0.221 e. The maximum absolute atomic E-state index is 11.5. The van der Waals surface area contributed by atoms with Gasteiger partial charge in [-0.2, -0.15) is 0 Å². The lowest BCUT2D eigenvalue weighted by atomic mass is 10.2. The summed E-state index contributed by atoms with van der Waals surface area (Å²) in [5.41, 5.74) is 6.46. The minimum atomic E-state index is 0.0365. The van der Waals surface area contributed by atoms with Crippen molar-refractivity contribution in [3.8, 4) is 5.75 Å². The molecule has 0 saturated carbocycles. The third kappa shape index (κ3) is 3.38. The zero-order valence-corrected chi connectivity index (χ0v) is 11.3. The molecule has 3 N–H and O–H groups in total. The summed E-state index contributed by atoms with van der Waals surface area (Å²) < 4.78 is 5.37. The van der Waals surface area contributed by atoms with Crippen molar-refractivity contribution in [2.75, 3.05) is 31.6 Å². The lowest BCUT2D eigenvalue weighted by Gasteiger charge is -2.21. The van der Waals surface area contributed by atoms with Crippen molar-refractivity contribution in [1.29, 1.82) is 0 Å². The van der Waals surface area contributed by atoms with Gasteiger partial charge in [0.05, 0.1) is 12.8 Å². The normalized spacial score (nSPS) is 18.4. The minimum Gasteiger partial charge on any atom is -0.495 e. The second-order valence-corrected chi connectivity index (χ2v) is 4.71. The Morgan fingerprint density at radius 1 is 1.53 bits per heavy atom. The van der Waals surface area contributed by atoms with Gasteiger partial charge in [0.2, 0.25) is 5.91 Å². The van der Waals surface area contributed by atoms with E-state index >= 15 is 0 Å². The van der Waals surface area contributed by atoms with Crippen molar-refractivity contribution >= 4 is 11.6 Å². The number of anilines is 1. The van der Waals surface area contributed by atoms with Crippen LogP contribution < -0.4 is 20.7 Å². The van der Waals surface area contributed by atoms with Crippen molar-refractivity contribution in [2.24, 2.45) is 5.73 Å². The van der Waals surface area contributed by atoms with Crippen LogP contribution >= 0.6 is 0 Å². The van der Waals surface area contributed by atoms with Gasteiger partial charge in [-0.1, -0.05) is 12.1 Å². The van der Waals surface area contributed by atoms with Crippen LogP contribution in [0.4, 0.5) is 5.69 Å². The predicted molar refractivity (Wildman–Crippen MR) is 75.4 cm³/mol. The largest absolute Gasteiger partial charge is 0.495 e. The molecule has 5 nitrogen and oxygen atoms in total. The van der Waals surface area contributed by atoms with Crippen LogP contribution in [0.3, 0.4) is 0 Å². The van der Waals surface area contributed by atoms with Crippen LogP contribution in [-0.2, 0) is 4.79 Å². The van der Waals surface area contributed by atoms with E-state index in [1.165, 1.54) is 0 Å². The fraction of sp³-hybridized carbons (Fsp3) is 0.500. The predicted octanol–water partition coefficient (Wildman–Crippen LogP) is 0.739. The van der Waals surface area contributed by atoms with Crippen LogP contribution in [0.1, 0.15) is 12.8 Å². The van der Waals surface area contributed by atoms with Gasteiger partial charge in [0, 0.05) is 32.1 Å². The van der Waals surface area contributed by atoms with Gasteiger partial charge < -0.3 is 20.7 Å². The highest BCUT2D eigenvalue weighted by Gasteiger charge is 2.25. The second-order valence-electron chi connectivity index (χ2n) is 4.71. The molecule has 1 atom stereocenters. The molecule has 1 aliphatic heterocycles. The molecule has 0 radical (unpaired) electrons. The summed E-state index contributed by atoms with van der Waals surface area (Å²) in [6, 6.07) is 8.15. The molecule has 2 rings (SSSR count). The van der Waals surface area contributed by atoms with Crippen molar-refractivity contribution in [1.82, 2.24) is 5.32 Å². The first-order valence-corrected chi connectivity index (χ1v) is 6.62. The van der Waals surface area contributed by atoms with Gasteiger partial charge in [-0.25, -0.2) is 0 Å². The van der Waals surface area contributed by atoms with Gasteiger partial charge in [-0.05, 0) is 18.6 Å². The average Bonchev–Trinajstić information content (AvgIpc) is 2.87. The van der Waals surface area contributed by atoms with E-state index in [-0.39, 0.29) is 11.9 Å². The highest BCUT2D eigenvalue weighted by atomic mass is 16.5. The van der Waals surface area contributed by atoms with Crippen molar-refractivity contribution in [2.45, 2.75) is 18.9 Å². The summed E-state index contributed by atoms with van der Waals surface area (Å²) in [5.74, 6) is 0.908. The summed E-state index contributed by atoms with van der Waals surface area (Å²) in [7, 11) is 1.68. The summed E-state index contributed by atoms with van der Waals surface area (Å²) in [6.07, 6.45) is 1.35. The quantitative estimate of drug-likeness (QED) is 0.822. The van der Waals surface area contributed by atoms with Crippen molar-refractivity contribution < 1.29 is 9.53 Å². The zero-order valence-electron chi connectivity index (χ0n) is 11.3. The highest BCUT2D eigenvalue weighted by Crippen LogP contribution is 2.30. The first-order chi connectivity index (χ1) is 9.24. The highest BCUT2D eigenvalue weighted by molar-refractivity contribution is 5.76. The first-order valence-electron chi connectivity index (χ1n) is 6.62. The topological polar surface area (TPSA) is 67.6 Å². The van der Waals surface area contributed by atoms with E-state index in [0.717, 1.165) is 30.9 Å². The van der Waals surface area contributed by atoms with Crippen LogP contribution in [0.2, 0.25) is 0 Å². The molecule has 0 aliphatic carbocycles. The first kappa shape index (κ1) is 13.7. The van der Waals surface area contributed by atoms with Crippen LogP contribution in [0, 0.1) is 0 Å². The molecule has 1 unspecified atom stereocenters. The zero-order chi connectivity index (χ0) is 13.7. The number of nitrogens with two attached hydrogens (primary N) is 1. The lowest BCUT2D eigenvalue weighted by Crippen LogP contribution is -2.37. The number of nitrogens with zero attached hydrogens (tertiary/aromatic N) is 1. The minimum absolute atomic E-state index is 0.0365. The fourth-order valence-corrected chi connectivity index (χ4v) is 2.42. The van der Waals surface area contributed by atoms with Crippen molar-refractivity contribution in [3.63, 3.8) is 0 Å². The molecule has 1 aliphatic rings. The SMILES string of the molecule is COc1ccccc1N1CCC(NC(=O)CCN)C1. The van der Waals surface area contributed by atoms with E-state index in [2.05, 4.69) is 10.2 Å². The van der Waals surface area contributed by atoms with Gasteiger partial charge in [0.25, 0.3) is 0 Å². The Morgan fingerprint density at radius 2 is 2.32 bits per heavy atom. The third-order valence-corrected chi connectivity index (χ3v) is 3.35. The molecule has 0 bridgehead atoms. The summed E-state index contributed by atoms with van der Waals surface area (Å²) in [5, 5.41) is 3.02. The Morgan fingerprint density at radius 3 is 3.05 bits per heavy atom. The molecular formula is C14H21N3O2. The monoisotopic (exact) mass is 263 g/mol. The molecule has 1 amide bonds. The summed E-state index contributed by atoms with van der Waals surface area (Å²) in [4.78, 5) is 13.8. The maximum Gasteiger partial charge on any atom is 0.221 e.